The number of likely N-dealkylation sites (tertiary alicyclic amines) is 1. The normalized spacial score (nSPS) is 15.3. The minimum absolute atomic E-state index is 0.135. The molecule has 1 N–H and O–H groups in total. The molecule has 1 aliphatic heterocycles. The number of piperidine rings is 1. The first-order valence-electron chi connectivity index (χ1n) is 9.58. The molecular weight excluding hydrogens is 406 g/mol. The summed E-state index contributed by atoms with van der Waals surface area (Å²) < 4.78 is 6.16. The molecule has 10 nitrogen and oxygen atoms in total. The van der Waals surface area contributed by atoms with Gasteiger partial charge < -0.3 is 19.9 Å². The Bertz CT molecular complexity index is 1070. The Balaban J connectivity index is 1.65. The van der Waals surface area contributed by atoms with Gasteiger partial charge in [-0.2, -0.15) is 0 Å². The summed E-state index contributed by atoms with van der Waals surface area (Å²) in [5, 5.41) is 15.5. The molecule has 2 aromatic heterocycles. The Morgan fingerprint density at radius 3 is 2.80 bits per heavy atom. The maximum Gasteiger partial charge on any atom is 0.353 e. The molecule has 3 aromatic rings. The second kappa shape index (κ2) is 8.36. The molecule has 0 atom stereocenters. The van der Waals surface area contributed by atoms with Gasteiger partial charge in [0.15, 0.2) is 5.13 Å². The van der Waals surface area contributed by atoms with E-state index in [2.05, 4.69) is 32.2 Å². The fourth-order valence-electron chi connectivity index (χ4n) is 3.63. The van der Waals surface area contributed by atoms with Crippen LogP contribution in [0, 0.1) is 10.1 Å². The molecule has 1 saturated heterocycles. The fourth-order valence-corrected chi connectivity index (χ4v) is 4.52. The van der Waals surface area contributed by atoms with E-state index in [1.807, 2.05) is 30.1 Å². The number of hydrogen-bond acceptors (Lipinski definition) is 10. The number of methoxy groups -OCH3 is 1. The number of nitrogens with one attached hydrogen (secondary N) is 1. The van der Waals surface area contributed by atoms with Crippen molar-refractivity contribution >= 4 is 44.0 Å². The fraction of sp³-hybridized carbons (Fsp3) is 0.421. The maximum absolute atomic E-state index is 11.9. The second-order valence-corrected chi connectivity index (χ2v) is 8.31. The van der Waals surface area contributed by atoms with Gasteiger partial charge in [0.1, 0.15) is 12.1 Å². The minimum Gasteiger partial charge on any atom is -0.497 e. The Kier molecular flexibility index (Phi) is 5.64. The van der Waals surface area contributed by atoms with E-state index in [4.69, 9.17) is 4.74 Å². The standard InChI is InChI=1S/C19H23N7O3S/c1-24-8-6-12(7-9-24)25(2)18-16(26(27)28)17(20-11-21-18)23-19-22-14-5-4-13(29-3)10-15(14)30-19/h4-5,10-12H,6-9H2,1-3H3,(H,20,21,22,23). The Hall–Kier alpha value is -3.05. The zero-order valence-corrected chi connectivity index (χ0v) is 17.8. The SMILES string of the molecule is COc1ccc2nc(Nc3ncnc(N(C)C4CCN(C)CC4)c3[N+](=O)[O-])sc2c1. The van der Waals surface area contributed by atoms with Crippen LogP contribution in [0.3, 0.4) is 0 Å². The van der Waals surface area contributed by atoms with E-state index in [0.717, 1.165) is 41.9 Å². The lowest BCUT2D eigenvalue weighted by Crippen LogP contribution is -2.42. The smallest absolute Gasteiger partial charge is 0.353 e. The molecule has 1 aliphatic rings. The molecule has 158 valence electrons. The van der Waals surface area contributed by atoms with Gasteiger partial charge in [-0.1, -0.05) is 11.3 Å². The van der Waals surface area contributed by atoms with Gasteiger partial charge in [0.2, 0.25) is 11.6 Å². The first kappa shape index (κ1) is 20.2. The molecule has 1 aromatic carbocycles. The number of nitrogens with zero attached hydrogens (tertiary/aromatic N) is 6. The number of thiazole rings is 1. The van der Waals surface area contributed by atoms with Crippen molar-refractivity contribution in [3.8, 4) is 5.75 Å². The molecule has 0 aliphatic carbocycles. The quantitative estimate of drug-likeness (QED) is 0.466. The summed E-state index contributed by atoms with van der Waals surface area (Å²) in [6, 6.07) is 5.75. The highest BCUT2D eigenvalue weighted by Crippen LogP contribution is 2.37. The van der Waals surface area contributed by atoms with Crippen LogP contribution in [0.1, 0.15) is 12.8 Å². The number of rotatable bonds is 6. The molecule has 0 amide bonds. The number of aromatic nitrogens is 3. The molecule has 0 spiro atoms. The molecule has 11 heteroatoms. The summed E-state index contributed by atoms with van der Waals surface area (Å²) in [6.45, 7) is 1.91. The van der Waals surface area contributed by atoms with Crippen LogP contribution in [0.25, 0.3) is 10.2 Å². The number of benzene rings is 1. The number of fused-ring (bicyclic) bond motifs is 1. The van der Waals surface area contributed by atoms with Crippen molar-refractivity contribution in [2.75, 3.05) is 44.5 Å². The molecule has 0 unspecified atom stereocenters. The van der Waals surface area contributed by atoms with Gasteiger partial charge in [-0.15, -0.1) is 0 Å². The summed E-state index contributed by atoms with van der Waals surface area (Å²) in [7, 11) is 5.55. The van der Waals surface area contributed by atoms with Crippen molar-refractivity contribution in [3.63, 3.8) is 0 Å². The van der Waals surface area contributed by atoms with Crippen LogP contribution in [0.15, 0.2) is 24.5 Å². The van der Waals surface area contributed by atoms with Crippen LogP contribution in [0.5, 0.6) is 5.75 Å². The molecular formula is C19H23N7O3S. The second-order valence-electron chi connectivity index (χ2n) is 7.27. The van der Waals surface area contributed by atoms with Gasteiger partial charge in [0.25, 0.3) is 0 Å². The molecule has 0 saturated carbocycles. The predicted octanol–water partition coefficient (Wildman–Crippen LogP) is 3.28. The van der Waals surface area contributed by atoms with E-state index in [1.165, 1.54) is 17.7 Å². The van der Waals surface area contributed by atoms with E-state index in [1.54, 1.807) is 7.11 Å². The topological polar surface area (TPSA) is 110 Å². The van der Waals surface area contributed by atoms with Gasteiger partial charge in [-0.3, -0.25) is 10.1 Å². The molecule has 30 heavy (non-hydrogen) atoms. The zero-order valence-electron chi connectivity index (χ0n) is 17.0. The van der Waals surface area contributed by atoms with Crippen molar-refractivity contribution in [2.45, 2.75) is 18.9 Å². The minimum atomic E-state index is -0.431. The number of anilines is 3. The molecule has 3 heterocycles. The van der Waals surface area contributed by atoms with Crippen molar-refractivity contribution < 1.29 is 9.66 Å². The highest BCUT2D eigenvalue weighted by atomic mass is 32.1. The van der Waals surface area contributed by atoms with Crippen LogP contribution >= 0.6 is 11.3 Å². The highest BCUT2D eigenvalue weighted by molar-refractivity contribution is 7.22. The van der Waals surface area contributed by atoms with Crippen LogP contribution in [-0.2, 0) is 0 Å². The third kappa shape index (κ3) is 3.98. The van der Waals surface area contributed by atoms with Crippen LogP contribution < -0.4 is 15.0 Å². The Morgan fingerprint density at radius 2 is 2.10 bits per heavy atom. The third-order valence-electron chi connectivity index (χ3n) is 5.38. The average Bonchev–Trinajstić information content (AvgIpc) is 3.14. The van der Waals surface area contributed by atoms with Gasteiger partial charge in [-0.05, 0) is 51.2 Å². The van der Waals surface area contributed by atoms with Crippen molar-refractivity contribution in [2.24, 2.45) is 0 Å². The molecule has 4 rings (SSSR count). The summed E-state index contributed by atoms with van der Waals surface area (Å²) in [6.07, 6.45) is 3.21. The summed E-state index contributed by atoms with van der Waals surface area (Å²) in [5.41, 5.74) is 0.638. The zero-order chi connectivity index (χ0) is 21.3. The van der Waals surface area contributed by atoms with Gasteiger partial charge in [0.05, 0.1) is 22.2 Å². The van der Waals surface area contributed by atoms with Crippen LogP contribution in [0.2, 0.25) is 0 Å². The first-order valence-corrected chi connectivity index (χ1v) is 10.4. The Morgan fingerprint density at radius 1 is 1.33 bits per heavy atom. The van der Waals surface area contributed by atoms with Crippen LogP contribution in [-0.4, -0.2) is 65.1 Å². The summed E-state index contributed by atoms with van der Waals surface area (Å²) in [4.78, 5) is 28.6. The molecule has 1 fully saturated rings. The maximum atomic E-state index is 11.9. The average molecular weight is 430 g/mol. The van der Waals surface area contributed by atoms with E-state index in [0.29, 0.717) is 10.9 Å². The largest absolute Gasteiger partial charge is 0.497 e. The van der Waals surface area contributed by atoms with Crippen LogP contribution in [0.4, 0.5) is 22.5 Å². The number of ether oxygens (including phenoxy) is 1. The van der Waals surface area contributed by atoms with Crippen molar-refractivity contribution in [1.29, 1.82) is 0 Å². The van der Waals surface area contributed by atoms with Crippen molar-refractivity contribution in [1.82, 2.24) is 19.9 Å². The number of hydrogen-bond donors (Lipinski definition) is 1. The van der Waals surface area contributed by atoms with E-state index >= 15 is 0 Å². The highest BCUT2D eigenvalue weighted by Gasteiger charge is 2.30. The lowest BCUT2D eigenvalue weighted by atomic mass is 10.0. The molecule has 0 bridgehead atoms. The van der Waals surface area contributed by atoms with Gasteiger partial charge >= 0.3 is 5.69 Å². The van der Waals surface area contributed by atoms with E-state index in [9.17, 15) is 10.1 Å². The summed E-state index contributed by atoms with van der Waals surface area (Å²) in [5.74, 6) is 1.18. The summed E-state index contributed by atoms with van der Waals surface area (Å²) >= 11 is 1.38. The monoisotopic (exact) mass is 429 g/mol. The van der Waals surface area contributed by atoms with E-state index < -0.39 is 4.92 Å². The lowest BCUT2D eigenvalue weighted by Gasteiger charge is -2.35. The van der Waals surface area contributed by atoms with Gasteiger partial charge in [-0.25, -0.2) is 15.0 Å². The number of nitro groups is 1. The van der Waals surface area contributed by atoms with Gasteiger partial charge in [0, 0.05) is 13.1 Å². The predicted molar refractivity (Wildman–Crippen MR) is 117 cm³/mol. The Labute approximate surface area is 177 Å². The third-order valence-corrected chi connectivity index (χ3v) is 6.31. The first-order chi connectivity index (χ1) is 14.5. The lowest BCUT2D eigenvalue weighted by molar-refractivity contribution is -0.383. The molecule has 0 radical (unpaired) electrons. The van der Waals surface area contributed by atoms with Crippen molar-refractivity contribution in [3.05, 3.63) is 34.6 Å². The van der Waals surface area contributed by atoms with E-state index in [-0.39, 0.29) is 17.5 Å².